The molecular formula is C12H24Br2O. The predicted molar refractivity (Wildman–Crippen MR) is 75.2 cm³/mol. The first-order chi connectivity index (χ1) is 6.83. The molecule has 0 aliphatic carbocycles. The molecule has 0 fully saturated rings. The van der Waals surface area contributed by atoms with Crippen LogP contribution in [-0.4, -0.2) is 23.4 Å². The molecule has 0 aromatic heterocycles. The molecule has 0 spiro atoms. The molecule has 3 heteroatoms. The molecule has 0 aromatic rings. The summed E-state index contributed by atoms with van der Waals surface area (Å²) in [4.78, 5) is 0. The van der Waals surface area contributed by atoms with E-state index in [1.807, 2.05) is 0 Å². The Morgan fingerprint density at radius 1 is 1.07 bits per heavy atom. The fourth-order valence-corrected chi connectivity index (χ4v) is 4.20. The first-order valence-corrected chi connectivity index (χ1v) is 7.75. The first kappa shape index (κ1) is 15.9. The highest BCUT2D eigenvalue weighted by atomic mass is 79.9. The number of methoxy groups -OCH3 is 1. The van der Waals surface area contributed by atoms with Crippen molar-refractivity contribution in [1.29, 1.82) is 0 Å². The molecule has 0 aliphatic heterocycles. The van der Waals surface area contributed by atoms with Crippen LogP contribution in [0.5, 0.6) is 0 Å². The summed E-state index contributed by atoms with van der Waals surface area (Å²) < 4.78 is 5.47. The highest BCUT2D eigenvalue weighted by Crippen LogP contribution is 2.38. The van der Waals surface area contributed by atoms with Crippen LogP contribution in [0.3, 0.4) is 0 Å². The quantitative estimate of drug-likeness (QED) is 0.612. The maximum atomic E-state index is 5.47. The fourth-order valence-electron chi connectivity index (χ4n) is 1.42. The highest BCUT2D eigenvalue weighted by molar-refractivity contribution is 9.09. The minimum absolute atomic E-state index is 0.00944. The van der Waals surface area contributed by atoms with E-state index >= 15 is 0 Å². The van der Waals surface area contributed by atoms with Crippen LogP contribution in [0.15, 0.2) is 0 Å². The molecule has 0 aromatic carbocycles. The molecule has 0 bridgehead atoms. The maximum Gasteiger partial charge on any atom is 0.0623 e. The number of ether oxygens (including phenoxy) is 1. The second-order valence-electron chi connectivity index (χ2n) is 5.25. The summed E-state index contributed by atoms with van der Waals surface area (Å²) >= 11 is 7.31. The van der Waals surface area contributed by atoms with Crippen molar-refractivity contribution in [2.45, 2.75) is 46.1 Å². The van der Waals surface area contributed by atoms with Gasteiger partial charge in [-0.2, -0.15) is 0 Å². The second-order valence-corrected chi connectivity index (χ2v) is 6.37. The molecule has 0 N–H and O–H groups in total. The summed E-state index contributed by atoms with van der Waals surface area (Å²) in [7, 11) is 1.79. The number of alkyl halides is 2. The van der Waals surface area contributed by atoms with Crippen LogP contribution in [0.1, 0.15) is 40.5 Å². The van der Waals surface area contributed by atoms with Crippen LogP contribution in [0.4, 0.5) is 0 Å². The van der Waals surface area contributed by atoms with Crippen LogP contribution in [0, 0.1) is 11.3 Å². The van der Waals surface area contributed by atoms with Gasteiger partial charge in [0, 0.05) is 17.8 Å². The van der Waals surface area contributed by atoms with Crippen molar-refractivity contribution in [3.8, 4) is 0 Å². The lowest BCUT2D eigenvalue weighted by atomic mass is 9.75. The summed E-state index contributed by atoms with van der Waals surface area (Å²) in [5.74, 6) is 0.670. The molecule has 0 atom stereocenters. The van der Waals surface area contributed by atoms with E-state index in [9.17, 15) is 0 Å². The lowest BCUT2D eigenvalue weighted by Crippen LogP contribution is -2.34. The Kier molecular flexibility index (Phi) is 7.01. The summed E-state index contributed by atoms with van der Waals surface area (Å²) in [6.07, 6.45) is 2.28. The number of halogens is 2. The van der Waals surface area contributed by atoms with E-state index in [-0.39, 0.29) is 5.60 Å². The van der Waals surface area contributed by atoms with Crippen LogP contribution in [0.2, 0.25) is 0 Å². The van der Waals surface area contributed by atoms with Crippen molar-refractivity contribution in [2.24, 2.45) is 11.3 Å². The molecule has 0 aliphatic rings. The van der Waals surface area contributed by atoms with Gasteiger partial charge >= 0.3 is 0 Å². The molecule has 15 heavy (non-hydrogen) atoms. The van der Waals surface area contributed by atoms with Gasteiger partial charge < -0.3 is 4.74 Å². The van der Waals surface area contributed by atoms with Gasteiger partial charge in [0.05, 0.1) is 5.60 Å². The summed E-state index contributed by atoms with van der Waals surface area (Å²) in [5, 5.41) is 2.09. The Morgan fingerprint density at radius 3 is 1.80 bits per heavy atom. The van der Waals surface area contributed by atoms with E-state index in [1.165, 1.54) is 6.42 Å². The zero-order chi connectivity index (χ0) is 12.1. The molecule has 0 rings (SSSR count). The maximum absolute atomic E-state index is 5.47. The predicted octanol–water partition coefficient (Wildman–Crippen LogP) is 4.62. The third kappa shape index (κ3) is 4.74. The zero-order valence-electron chi connectivity index (χ0n) is 10.6. The van der Waals surface area contributed by atoms with E-state index in [0.29, 0.717) is 11.3 Å². The first-order valence-electron chi connectivity index (χ1n) is 5.50. The van der Waals surface area contributed by atoms with Crippen molar-refractivity contribution >= 4 is 31.9 Å². The summed E-state index contributed by atoms with van der Waals surface area (Å²) in [5.41, 5.74) is 0.334. The molecule has 0 saturated heterocycles. The van der Waals surface area contributed by atoms with Crippen molar-refractivity contribution in [3.05, 3.63) is 0 Å². The lowest BCUT2D eigenvalue weighted by molar-refractivity contribution is 0.00350. The van der Waals surface area contributed by atoms with Crippen molar-refractivity contribution in [1.82, 2.24) is 0 Å². The third-order valence-corrected chi connectivity index (χ3v) is 5.77. The number of rotatable bonds is 7. The highest BCUT2D eigenvalue weighted by Gasteiger charge is 2.33. The molecule has 0 amide bonds. The SMILES string of the molecule is COC(C)(C)CCC(CBr)(CBr)C(C)C. The van der Waals surface area contributed by atoms with E-state index in [2.05, 4.69) is 59.6 Å². The van der Waals surface area contributed by atoms with E-state index < -0.39 is 0 Å². The lowest BCUT2D eigenvalue weighted by Gasteiger charge is -2.37. The average Bonchev–Trinajstić information content (AvgIpc) is 2.20. The minimum Gasteiger partial charge on any atom is -0.379 e. The van der Waals surface area contributed by atoms with E-state index in [0.717, 1.165) is 17.1 Å². The van der Waals surface area contributed by atoms with Gasteiger partial charge in [0.2, 0.25) is 0 Å². The summed E-state index contributed by atoms with van der Waals surface area (Å²) in [6.45, 7) is 8.89. The molecule has 0 unspecified atom stereocenters. The minimum atomic E-state index is -0.00944. The standard InChI is InChI=1S/C12H24Br2O/c1-10(2)12(8-13,9-14)7-6-11(3,4)15-5/h10H,6-9H2,1-5H3. The summed E-state index contributed by atoms with van der Waals surface area (Å²) in [6, 6.07) is 0. The second kappa shape index (κ2) is 6.61. The Labute approximate surface area is 112 Å². The van der Waals surface area contributed by atoms with Crippen LogP contribution < -0.4 is 0 Å². The molecule has 1 nitrogen and oxygen atoms in total. The Morgan fingerprint density at radius 2 is 1.53 bits per heavy atom. The van der Waals surface area contributed by atoms with Crippen molar-refractivity contribution in [3.63, 3.8) is 0 Å². The normalized spacial score (nSPS) is 13.6. The number of hydrogen-bond acceptors (Lipinski definition) is 1. The Hall–Kier alpha value is 0.920. The van der Waals surface area contributed by atoms with Gasteiger partial charge in [-0.3, -0.25) is 0 Å². The van der Waals surface area contributed by atoms with Gasteiger partial charge in [-0.15, -0.1) is 0 Å². The van der Waals surface area contributed by atoms with Gasteiger partial charge in [-0.25, -0.2) is 0 Å². The van der Waals surface area contributed by atoms with Gasteiger partial charge in [-0.1, -0.05) is 45.7 Å². The Balaban J connectivity index is 4.43. The van der Waals surface area contributed by atoms with E-state index in [1.54, 1.807) is 7.11 Å². The van der Waals surface area contributed by atoms with Crippen LogP contribution >= 0.6 is 31.9 Å². The monoisotopic (exact) mass is 342 g/mol. The smallest absolute Gasteiger partial charge is 0.0623 e. The molecular weight excluding hydrogens is 320 g/mol. The average molecular weight is 344 g/mol. The van der Waals surface area contributed by atoms with E-state index in [4.69, 9.17) is 4.74 Å². The third-order valence-electron chi connectivity index (χ3n) is 3.53. The number of hydrogen-bond donors (Lipinski definition) is 0. The molecule has 0 radical (unpaired) electrons. The largest absolute Gasteiger partial charge is 0.379 e. The zero-order valence-corrected chi connectivity index (χ0v) is 13.7. The van der Waals surface area contributed by atoms with Crippen molar-refractivity contribution in [2.75, 3.05) is 17.8 Å². The van der Waals surface area contributed by atoms with Gasteiger partial charge in [-0.05, 0) is 38.0 Å². The fraction of sp³-hybridized carbons (Fsp3) is 1.00. The molecule has 92 valence electrons. The van der Waals surface area contributed by atoms with Gasteiger partial charge in [0.15, 0.2) is 0 Å². The van der Waals surface area contributed by atoms with Crippen LogP contribution in [0.25, 0.3) is 0 Å². The molecule has 0 saturated carbocycles. The van der Waals surface area contributed by atoms with Gasteiger partial charge in [0.1, 0.15) is 0 Å². The topological polar surface area (TPSA) is 9.23 Å². The Bertz CT molecular complexity index is 174. The van der Waals surface area contributed by atoms with Crippen molar-refractivity contribution < 1.29 is 4.74 Å². The van der Waals surface area contributed by atoms with Crippen LogP contribution in [-0.2, 0) is 4.74 Å². The molecule has 0 heterocycles. The van der Waals surface area contributed by atoms with Gasteiger partial charge in [0.25, 0.3) is 0 Å².